The molecule has 0 amide bonds. The molecule has 0 aromatic heterocycles. The average molecular weight is 1050 g/mol. The maximum atomic E-state index is 14.3. The first-order chi connectivity index (χ1) is 30.6. The van der Waals surface area contributed by atoms with Crippen LogP contribution < -0.4 is 13.6 Å². The van der Waals surface area contributed by atoms with Crippen molar-refractivity contribution in [2.45, 2.75) is 59.7 Å². The van der Waals surface area contributed by atoms with Crippen LogP contribution in [0.15, 0.2) is 114 Å². The number of alkyl halides is 12. The Balaban J connectivity index is 1.34. The Morgan fingerprint density at radius 2 is 0.864 bits per heavy atom. The molecule has 0 bridgehead atoms. The number of aryl methyl sites for hydroxylation is 2. The van der Waals surface area contributed by atoms with E-state index >= 15 is 0 Å². The summed E-state index contributed by atoms with van der Waals surface area (Å²) in [6.07, 6.45) is -17.1. The third-order valence-electron chi connectivity index (χ3n) is 13.4. The Bertz CT molecular complexity index is 2900. The predicted octanol–water partition coefficient (Wildman–Crippen LogP) is 14.8. The zero-order chi connectivity index (χ0) is 47.9. The van der Waals surface area contributed by atoms with Gasteiger partial charge >= 0.3 is 384 Å². The second-order valence-electron chi connectivity index (χ2n) is 17.6. The molecule has 0 radical (unpaired) electrons. The molecule has 0 saturated heterocycles. The summed E-state index contributed by atoms with van der Waals surface area (Å²) in [5.74, 6) is 0. The number of rotatable bonds is 5. The predicted molar refractivity (Wildman–Crippen MR) is 237 cm³/mol. The summed E-state index contributed by atoms with van der Waals surface area (Å²) < 4.78 is 170. The Morgan fingerprint density at radius 1 is 0.470 bits per heavy atom. The SMILES string of the molecule is CC1=Cc2c(ccc(C)c2-c2cc(C(F)(F)F)cc(C(F)(F)F)c2)[CH]1[Zr]([Cl])([Cl])([c]1cccc2c1[SiH2]c1ccccc1-2)[CH]1C(C)=Cc2c1ccc(C)c2-c1cc(C(F)(F)F)cc(C(F)(F)F)c1. The minimum absolute atomic E-state index is 0.0731. The van der Waals surface area contributed by atoms with Crippen LogP contribution in [-0.2, 0) is 41.1 Å². The molecule has 3 aliphatic rings. The van der Waals surface area contributed by atoms with Crippen LogP contribution in [0.25, 0.3) is 45.5 Å². The van der Waals surface area contributed by atoms with Crippen molar-refractivity contribution in [2.24, 2.45) is 0 Å². The third kappa shape index (κ3) is 7.39. The van der Waals surface area contributed by atoms with Crippen LogP contribution in [-0.4, -0.2) is 9.52 Å². The molecule has 2 unspecified atom stereocenters. The van der Waals surface area contributed by atoms with E-state index in [2.05, 4.69) is 0 Å². The number of fused-ring (bicyclic) bond motifs is 5. The van der Waals surface area contributed by atoms with Crippen LogP contribution in [0.4, 0.5) is 52.7 Å². The van der Waals surface area contributed by atoms with Gasteiger partial charge in [-0.25, -0.2) is 0 Å². The van der Waals surface area contributed by atoms with E-state index < -0.39 is 80.1 Å². The van der Waals surface area contributed by atoms with E-state index in [0.717, 1.165) is 21.5 Å². The average Bonchev–Trinajstić information content (AvgIpc) is 3.89. The standard InChI is InChI=1S/2C19H13F6.C12H9Si.2ClH.Zr/c2*1-10-5-12-4-3-11(2)17(16(12)6-10)13-7-14(18(20,21)22)9-15(8-13)19(23,24)25;1-3-7-11-9(5-1)10-6-2-4-8-12(10)13-11;;;/h2*3-9H,1-2H3;1-7H,13H2;2*1H;/q;;;;;+2/p-2. The first kappa shape index (κ1) is 46.7. The quantitative estimate of drug-likeness (QED) is 0.119. The fourth-order valence-corrected chi connectivity index (χ4v) is 39.7. The Hall–Kier alpha value is -4.36. The van der Waals surface area contributed by atoms with Crippen molar-refractivity contribution < 1.29 is 69.1 Å². The first-order valence-electron chi connectivity index (χ1n) is 20.6. The summed E-state index contributed by atoms with van der Waals surface area (Å²) in [7, 11) is 16.2. The van der Waals surface area contributed by atoms with Crippen LogP contribution >= 0.6 is 17.0 Å². The van der Waals surface area contributed by atoms with E-state index in [1.165, 1.54) is 0 Å². The van der Waals surface area contributed by atoms with Gasteiger partial charge in [-0.3, -0.25) is 0 Å². The molecule has 1 heterocycles. The van der Waals surface area contributed by atoms with E-state index in [9.17, 15) is 52.7 Å². The van der Waals surface area contributed by atoms with Gasteiger partial charge in [-0.15, -0.1) is 0 Å². The van der Waals surface area contributed by atoms with Crippen molar-refractivity contribution in [2.75, 3.05) is 0 Å². The monoisotopic (exact) mass is 1050 g/mol. The summed E-state index contributed by atoms with van der Waals surface area (Å²) in [5.41, 5.74) is -0.837. The van der Waals surface area contributed by atoms with Crippen LogP contribution in [0.5, 0.6) is 0 Å². The Morgan fingerprint density at radius 3 is 1.27 bits per heavy atom. The topological polar surface area (TPSA) is 0 Å². The number of halogens is 14. The molecule has 1 aliphatic heterocycles. The second-order valence-corrected chi connectivity index (χ2v) is 40.0. The third-order valence-corrected chi connectivity index (χ3v) is 36.6. The van der Waals surface area contributed by atoms with Gasteiger partial charge in [0.15, 0.2) is 0 Å². The minimum atomic E-state index is -6.37. The van der Waals surface area contributed by atoms with Gasteiger partial charge in [0, 0.05) is 0 Å². The van der Waals surface area contributed by atoms with E-state index in [0.29, 0.717) is 72.1 Å². The van der Waals surface area contributed by atoms with Gasteiger partial charge in [0.05, 0.1) is 0 Å². The Labute approximate surface area is 382 Å². The summed E-state index contributed by atoms with van der Waals surface area (Å²) in [6.45, 7) is 6.70. The molecule has 2 aliphatic carbocycles. The molecule has 0 N–H and O–H groups in total. The molecule has 0 saturated carbocycles. The molecule has 341 valence electrons. The van der Waals surface area contributed by atoms with Gasteiger partial charge < -0.3 is 0 Å². The van der Waals surface area contributed by atoms with Crippen molar-refractivity contribution in [3.05, 3.63) is 170 Å². The van der Waals surface area contributed by atoms with Gasteiger partial charge in [-0.1, -0.05) is 0 Å². The van der Waals surface area contributed by atoms with Crippen LogP contribution in [0, 0.1) is 13.8 Å². The van der Waals surface area contributed by atoms with Gasteiger partial charge in [-0.2, -0.15) is 0 Å². The van der Waals surface area contributed by atoms with E-state index in [4.69, 9.17) is 17.0 Å². The first-order valence-corrected chi connectivity index (χ1v) is 32.4. The van der Waals surface area contributed by atoms with Crippen molar-refractivity contribution >= 4 is 52.3 Å². The van der Waals surface area contributed by atoms with Crippen molar-refractivity contribution in [3.63, 3.8) is 0 Å². The van der Waals surface area contributed by atoms with Crippen molar-refractivity contribution in [3.8, 4) is 33.4 Å². The summed E-state index contributed by atoms with van der Waals surface area (Å²) in [5, 5.41) is 2.08. The molecule has 66 heavy (non-hydrogen) atoms. The molecule has 6 aromatic rings. The van der Waals surface area contributed by atoms with Crippen LogP contribution in [0.2, 0.25) is 0 Å². The number of hydrogen-bond donors (Lipinski definition) is 0. The molecule has 9 rings (SSSR count). The van der Waals surface area contributed by atoms with Crippen LogP contribution in [0.3, 0.4) is 0 Å². The summed E-state index contributed by atoms with van der Waals surface area (Å²) in [6, 6.07) is 23.2. The number of allylic oxidation sites excluding steroid dienone is 2. The van der Waals surface area contributed by atoms with E-state index in [1.54, 1.807) is 64.1 Å². The molecule has 0 spiro atoms. The molecular weight excluding hydrogens is 1020 g/mol. The number of benzene rings is 6. The molecule has 0 nitrogen and oxygen atoms in total. The fourth-order valence-electron chi connectivity index (χ4n) is 10.9. The van der Waals surface area contributed by atoms with E-state index in [1.807, 2.05) is 42.5 Å². The van der Waals surface area contributed by atoms with Crippen molar-refractivity contribution in [1.82, 2.24) is 0 Å². The number of hydrogen-bond acceptors (Lipinski definition) is 0. The second kappa shape index (κ2) is 15.3. The molecule has 16 heteroatoms. The summed E-state index contributed by atoms with van der Waals surface area (Å²) >= 11 is -6.37. The molecule has 2 atom stereocenters. The summed E-state index contributed by atoms with van der Waals surface area (Å²) in [4.78, 5) is 0. The van der Waals surface area contributed by atoms with Crippen LogP contribution in [0.1, 0.15) is 76.7 Å². The molecular formula is C50H35Cl2F12SiZr. The normalized spacial score (nSPS) is 18.1. The van der Waals surface area contributed by atoms with Gasteiger partial charge in [0.2, 0.25) is 0 Å². The zero-order valence-corrected chi connectivity index (χ0v) is 40.5. The van der Waals surface area contributed by atoms with E-state index in [-0.39, 0.29) is 34.4 Å². The van der Waals surface area contributed by atoms with Crippen molar-refractivity contribution in [1.29, 1.82) is 0 Å². The van der Waals surface area contributed by atoms with Gasteiger partial charge in [-0.05, 0) is 0 Å². The zero-order valence-electron chi connectivity index (χ0n) is 35.1. The fraction of sp³-hybridized carbons (Fsp3) is 0.200. The maximum absolute atomic E-state index is 14.3. The molecule has 0 fully saturated rings. The molecule has 6 aromatic carbocycles. The van der Waals surface area contributed by atoms with Gasteiger partial charge in [0.1, 0.15) is 0 Å². The Kier molecular flexibility index (Phi) is 10.9. The van der Waals surface area contributed by atoms with Gasteiger partial charge in [0.25, 0.3) is 0 Å².